The fourth-order valence-electron chi connectivity index (χ4n) is 3.84. The first kappa shape index (κ1) is 14.1. The number of anilines is 1. The highest BCUT2D eigenvalue weighted by molar-refractivity contribution is 9.10. The van der Waals surface area contributed by atoms with Crippen molar-refractivity contribution in [2.75, 3.05) is 19.0 Å². The van der Waals surface area contributed by atoms with Crippen molar-refractivity contribution in [1.82, 2.24) is 10.3 Å². The number of hydrogen-bond donors (Lipinski definition) is 1. The predicted molar refractivity (Wildman–Crippen MR) is 86.6 cm³/mol. The van der Waals surface area contributed by atoms with E-state index < -0.39 is 5.41 Å². The Labute approximate surface area is 135 Å². The van der Waals surface area contributed by atoms with Gasteiger partial charge in [0, 0.05) is 30.1 Å². The molecule has 2 heterocycles. The SMILES string of the molecule is CN[C@H]1C[C@@]2(C1)C(=O)N(C)c1cnc3cc(F)c(Br)cc3c12. The molecule has 4 nitrogen and oxygen atoms in total. The molecule has 22 heavy (non-hydrogen) atoms. The molecule has 0 atom stereocenters. The number of pyridine rings is 1. The smallest absolute Gasteiger partial charge is 0.237 e. The number of amides is 1. The number of benzene rings is 1. The Balaban J connectivity index is 2.01. The molecule has 1 spiro atoms. The lowest BCUT2D eigenvalue weighted by atomic mass is 9.61. The number of hydrogen-bond acceptors (Lipinski definition) is 3. The van der Waals surface area contributed by atoms with Crippen LogP contribution in [0.2, 0.25) is 0 Å². The molecular weight excluding hydrogens is 349 g/mol. The first-order valence-electron chi connectivity index (χ1n) is 7.21. The van der Waals surface area contributed by atoms with Crippen molar-refractivity contribution in [1.29, 1.82) is 0 Å². The second-order valence-electron chi connectivity index (χ2n) is 6.14. The second kappa shape index (κ2) is 4.49. The summed E-state index contributed by atoms with van der Waals surface area (Å²) < 4.78 is 14.2. The molecule has 1 amide bonds. The highest BCUT2D eigenvalue weighted by atomic mass is 79.9. The van der Waals surface area contributed by atoms with Crippen LogP contribution in [0, 0.1) is 5.82 Å². The summed E-state index contributed by atoms with van der Waals surface area (Å²) in [5.74, 6) is -0.225. The van der Waals surface area contributed by atoms with Crippen molar-refractivity contribution in [3.05, 3.63) is 34.2 Å². The summed E-state index contributed by atoms with van der Waals surface area (Å²) >= 11 is 3.24. The number of rotatable bonds is 1. The average molecular weight is 364 g/mol. The van der Waals surface area contributed by atoms with E-state index in [0.717, 1.165) is 29.5 Å². The summed E-state index contributed by atoms with van der Waals surface area (Å²) in [5.41, 5.74) is 1.94. The normalized spacial score (nSPS) is 26.6. The summed E-state index contributed by atoms with van der Waals surface area (Å²) in [4.78, 5) is 18.8. The van der Waals surface area contributed by atoms with Gasteiger partial charge in [0.25, 0.3) is 0 Å². The van der Waals surface area contributed by atoms with Crippen LogP contribution in [-0.2, 0) is 10.2 Å². The van der Waals surface area contributed by atoms with Crippen LogP contribution < -0.4 is 10.2 Å². The van der Waals surface area contributed by atoms with Gasteiger partial charge in [-0.25, -0.2) is 4.39 Å². The number of carbonyl (C=O) groups is 1. The summed E-state index contributed by atoms with van der Waals surface area (Å²) in [7, 11) is 3.70. The zero-order chi connectivity index (χ0) is 15.6. The van der Waals surface area contributed by atoms with Crippen molar-refractivity contribution >= 4 is 38.4 Å². The molecule has 1 aliphatic heterocycles. The van der Waals surface area contributed by atoms with E-state index in [1.807, 2.05) is 7.05 Å². The molecule has 1 N–H and O–H groups in total. The molecule has 2 aromatic rings. The second-order valence-corrected chi connectivity index (χ2v) is 7.00. The van der Waals surface area contributed by atoms with Crippen molar-refractivity contribution in [3.63, 3.8) is 0 Å². The van der Waals surface area contributed by atoms with Gasteiger partial charge >= 0.3 is 0 Å². The van der Waals surface area contributed by atoms with E-state index in [2.05, 4.69) is 26.2 Å². The van der Waals surface area contributed by atoms with Gasteiger partial charge in [0.2, 0.25) is 5.91 Å². The zero-order valence-corrected chi connectivity index (χ0v) is 13.9. The third kappa shape index (κ3) is 1.59. The van der Waals surface area contributed by atoms with Crippen molar-refractivity contribution in [2.45, 2.75) is 24.3 Å². The Morgan fingerprint density at radius 2 is 2.18 bits per heavy atom. The highest BCUT2D eigenvalue weighted by Gasteiger charge is 2.58. The predicted octanol–water partition coefficient (Wildman–Crippen LogP) is 2.73. The number of nitrogens with zero attached hydrogens (tertiary/aromatic N) is 2. The van der Waals surface area contributed by atoms with Gasteiger partial charge < -0.3 is 10.2 Å². The van der Waals surface area contributed by atoms with Crippen LogP contribution in [0.25, 0.3) is 10.9 Å². The molecule has 1 aromatic heterocycles. The Morgan fingerprint density at radius 1 is 1.45 bits per heavy atom. The van der Waals surface area contributed by atoms with E-state index in [1.165, 1.54) is 6.07 Å². The van der Waals surface area contributed by atoms with Gasteiger partial charge in [0.05, 0.1) is 27.3 Å². The number of carbonyl (C=O) groups excluding carboxylic acids is 1. The molecule has 0 bridgehead atoms. The minimum Gasteiger partial charge on any atom is -0.317 e. The fourth-order valence-corrected chi connectivity index (χ4v) is 4.18. The Hall–Kier alpha value is -1.53. The van der Waals surface area contributed by atoms with Crippen molar-refractivity contribution < 1.29 is 9.18 Å². The molecule has 114 valence electrons. The highest BCUT2D eigenvalue weighted by Crippen LogP contribution is 2.55. The average Bonchev–Trinajstić information content (AvgIpc) is 2.68. The summed E-state index contributed by atoms with van der Waals surface area (Å²) in [6.07, 6.45) is 3.23. The number of aromatic nitrogens is 1. The quantitative estimate of drug-likeness (QED) is 0.847. The van der Waals surface area contributed by atoms with Crippen LogP contribution in [0.15, 0.2) is 22.8 Å². The molecule has 6 heteroatoms. The van der Waals surface area contributed by atoms with Gasteiger partial charge in [0.1, 0.15) is 5.82 Å². The van der Waals surface area contributed by atoms with Gasteiger partial charge in [-0.15, -0.1) is 0 Å². The van der Waals surface area contributed by atoms with Crippen LogP contribution in [0.5, 0.6) is 0 Å². The summed E-state index contributed by atoms with van der Waals surface area (Å²) in [6, 6.07) is 3.51. The third-order valence-electron chi connectivity index (χ3n) is 5.04. The molecule has 1 saturated carbocycles. The van der Waals surface area contributed by atoms with Gasteiger partial charge in [-0.2, -0.15) is 0 Å². The van der Waals surface area contributed by atoms with E-state index in [4.69, 9.17) is 0 Å². The maximum Gasteiger partial charge on any atom is 0.237 e. The van der Waals surface area contributed by atoms with Crippen molar-refractivity contribution in [2.24, 2.45) is 0 Å². The number of halogens is 2. The molecule has 2 aliphatic rings. The summed E-state index contributed by atoms with van der Waals surface area (Å²) in [5, 5.41) is 4.09. The molecule has 4 rings (SSSR count). The van der Waals surface area contributed by atoms with E-state index in [9.17, 15) is 9.18 Å². The van der Waals surface area contributed by atoms with Crippen LogP contribution >= 0.6 is 15.9 Å². The molecule has 1 aliphatic carbocycles. The van der Waals surface area contributed by atoms with Crippen molar-refractivity contribution in [3.8, 4) is 0 Å². The van der Waals surface area contributed by atoms with E-state index in [-0.39, 0.29) is 11.7 Å². The first-order chi connectivity index (χ1) is 10.5. The van der Waals surface area contributed by atoms with Gasteiger partial charge in [-0.3, -0.25) is 9.78 Å². The molecule has 1 aromatic carbocycles. The van der Waals surface area contributed by atoms with Gasteiger partial charge in [0.15, 0.2) is 0 Å². The minimum absolute atomic E-state index is 0.115. The molecule has 1 fully saturated rings. The topological polar surface area (TPSA) is 45.2 Å². The first-order valence-corrected chi connectivity index (χ1v) is 8.01. The van der Waals surface area contributed by atoms with E-state index in [1.54, 1.807) is 24.2 Å². The third-order valence-corrected chi connectivity index (χ3v) is 5.65. The molecule has 0 radical (unpaired) electrons. The van der Waals surface area contributed by atoms with E-state index in [0.29, 0.717) is 16.0 Å². The van der Waals surface area contributed by atoms with Gasteiger partial charge in [-0.1, -0.05) is 0 Å². The summed E-state index contributed by atoms with van der Waals surface area (Å²) in [6.45, 7) is 0. The number of likely N-dealkylation sites (N-methyl/N-ethyl adjacent to an activating group) is 1. The van der Waals surface area contributed by atoms with Crippen LogP contribution in [0.1, 0.15) is 18.4 Å². The maximum atomic E-state index is 13.8. The van der Waals surface area contributed by atoms with Crippen LogP contribution in [-0.4, -0.2) is 31.0 Å². The Kier molecular flexibility index (Phi) is 2.87. The lowest BCUT2D eigenvalue weighted by Crippen LogP contribution is -2.55. The maximum absolute atomic E-state index is 13.8. The zero-order valence-electron chi connectivity index (χ0n) is 12.3. The van der Waals surface area contributed by atoms with Gasteiger partial charge in [-0.05, 0) is 41.9 Å². The lowest BCUT2D eigenvalue weighted by molar-refractivity contribution is -0.126. The largest absolute Gasteiger partial charge is 0.317 e. The monoisotopic (exact) mass is 363 g/mol. The number of nitrogens with one attached hydrogen (secondary N) is 1. The fraction of sp³-hybridized carbons (Fsp3) is 0.375. The lowest BCUT2D eigenvalue weighted by Gasteiger charge is -2.44. The van der Waals surface area contributed by atoms with Crippen LogP contribution in [0.4, 0.5) is 10.1 Å². The Morgan fingerprint density at radius 3 is 2.86 bits per heavy atom. The number of fused-ring (bicyclic) bond motifs is 4. The molecule has 0 unspecified atom stereocenters. The van der Waals surface area contributed by atoms with Crippen LogP contribution in [0.3, 0.4) is 0 Å². The minimum atomic E-state index is -0.490. The molecular formula is C16H15BrFN3O. The van der Waals surface area contributed by atoms with E-state index >= 15 is 0 Å². The Bertz CT molecular complexity index is 817. The standard InChI is InChI=1S/C16H15BrFN3O/c1-19-8-5-16(6-8)14-9-3-10(17)11(18)4-12(9)20-7-13(14)21(2)15(16)22/h3-4,7-8,19H,5-6H2,1-2H3/t8-,16-. The molecule has 0 saturated heterocycles.